The fraction of sp³-hybridized carbons (Fsp3) is 0.882. The van der Waals surface area contributed by atoms with Crippen LogP contribution in [0.1, 0.15) is 39.5 Å². The summed E-state index contributed by atoms with van der Waals surface area (Å²) in [5, 5.41) is 6.72. The van der Waals surface area contributed by atoms with Gasteiger partial charge in [0.05, 0.1) is 6.61 Å². The highest BCUT2D eigenvalue weighted by Gasteiger charge is 2.23. The van der Waals surface area contributed by atoms with Crippen molar-refractivity contribution in [3.63, 3.8) is 0 Å². The third-order valence-corrected chi connectivity index (χ3v) is 4.53. The van der Waals surface area contributed by atoms with Crippen LogP contribution in [0.15, 0.2) is 4.99 Å². The van der Waals surface area contributed by atoms with Gasteiger partial charge in [0.15, 0.2) is 5.96 Å². The molecular weight excluding hydrogens is 292 g/mol. The van der Waals surface area contributed by atoms with Crippen LogP contribution in [0.25, 0.3) is 0 Å². The minimum atomic E-state index is 0.00126. The third-order valence-electron chi connectivity index (χ3n) is 4.53. The summed E-state index contributed by atoms with van der Waals surface area (Å²) in [5.74, 6) is 2.32. The van der Waals surface area contributed by atoms with Crippen LogP contribution in [0.2, 0.25) is 0 Å². The number of rotatable bonds is 7. The molecule has 1 rings (SSSR count). The van der Waals surface area contributed by atoms with Crippen molar-refractivity contribution in [1.82, 2.24) is 15.5 Å². The molecule has 6 heteroatoms. The molecule has 0 heterocycles. The molecular formula is C17H34N4O2. The molecule has 0 radical (unpaired) electrons. The maximum absolute atomic E-state index is 11.7. The fourth-order valence-corrected chi connectivity index (χ4v) is 2.84. The van der Waals surface area contributed by atoms with Gasteiger partial charge in [-0.1, -0.05) is 13.8 Å². The Kier molecular flexibility index (Phi) is 8.99. The van der Waals surface area contributed by atoms with E-state index in [2.05, 4.69) is 29.5 Å². The molecule has 1 amide bonds. The number of ether oxygens (including phenoxy) is 1. The van der Waals surface area contributed by atoms with Crippen molar-refractivity contribution in [3.05, 3.63) is 0 Å². The van der Waals surface area contributed by atoms with Gasteiger partial charge < -0.3 is 20.3 Å². The van der Waals surface area contributed by atoms with Crippen molar-refractivity contribution in [2.24, 2.45) is 16.8 Å². The molecule has 0 saturated heterocycles. The maximum atomic E-state index is 11.7. The van der Waals surface area contributed by atoms with E-state index in [1.165, 1.54) is 12.8 Å². The zero-order valence-corrected chi connectivity index (χ0v) is 15.4. The Balaban J connectivity index is 2.52. The van der Waals surface area contributed by atoms with Crippen molar-refractivity contribution in [2.75, 3.05) is 40.9 Å². The molecule has 1 saturated carbocycles. The second-order valence-corrected chi connectivity index (χ2v) is 6.87. The number of aliphatic imine (C=N–C) groups is 1. The molecule has 0 aromatic rings. The average Bonchev–Trinajstić information content (AvgIpc) is 2.52. The molecule has 0 aromatic carbocycles. The quantitative estimate of drug-likeness (QED) is 0.422. The Morgan fingerprint density at radius 1 is 1.26 bits per heavy atom. The molecule has 0 bridgehead atoms. The van der Waals surface area contributed by atoms with Crippen LogP contribution in [-0.4, -0.2) is 63.7 Å². The lowest BCUT2D eigenvalue weighted by atomic mass is 9.80. The van der Waals surface area contributed by atoms with E-state index in [0.29, 0.717) is 25.2 Å². The highest BCUT2D eigenvalue weighted by Crippen LogP contribution is 2.29. The van der Waals surface area contributed by atoms with Gasteiger partial charge in [0, 0.05) is 33.8 Å². The van der Waals surface area contributed by atoms with Crippen LogP contribution >= 0.6 is 0 Å². The van der Waals surface area contributed by atoms with Gasteiger partial charge in [-0.05, 0) is 37.5 Å². The number of nitrogens with one attached hydrogen (secondary N) is 2. The summed E-state index contributed by atoms with van der Waals surface area (Å²) in [6, 6.07) is 0.438. The maximum Gasteiger partial charge on any atom is 0.243 e. The summed E-state index contributed by atoms with van der Waals surface area (Å²) in [6.07, 6.45) is 4.85. The first-order valence-corrected chi connectivity index (χ1v) is 8.68. The predicted octanol–water partition coefficient (Wildman–Crippen LogP) is 1.47. The number of hydrogen-bond acceptors (Lipinski definition) is 3. The van der Waals surface area contributed by atoms with Gasteiger partial charge in [-0.2, -0.15) is 0 Å². The van der Waals surface area contributed by atoms with Crippen molar-refractivity contribution >= 4 is 11.9 Å². The molecule has 0 spiro atoms. The molecule has 2 N–H and O–H groups in total. The Labute approximate surface area is 141 Å². The van der Waals surface area contributed by atoms with E-state index >= 15 is 0 Å². The van der Waals surface area contributed by atoms with Crippen LogP contribution in [0, 0.1) is 11.8 Å². The van der Waals surface area contributed by atoms with Crippen molar-refractivity contribution < 1.29 is 9.53 Å². The minimum Gasteiger partial charge on any atom is -0.383 e. The lowest BCUT2D eigenvalue weighted by Crippen LogP contribution is -2.46. The first kappa shape index (κ1) is 19.7. The van der Waals surface area contributed by atoms with Gasteiger partial charge in [0.2, 0.25) is 5.91 Å². The van der Waals surface area contributed by atoms with Crippen molar-refractivity contribution in [1.29, 1.82) is 0 Å². The molecule has 1 aliphatic rings. The van der Waals surface area contributed by atoms with Crippen LogP contribution in [-0.2, 0) is 9.53 Å². The zero-order chi connectivity index (χ0) is 17.2. The summed E-state index contributed by atoms with van der Waals surface area (Å²) >= 11 is 0. The molecule has 0 aliphatic heterocycles. The monoisotopic (exact) mass is 326 g/mol. The Morgan fingerprint density at radius 3 is 2.43 bits per heavy atom. The number of methoxy groups -OCH3 is 1. The Hall–Kier alpha value is -1.30. The Morgan fingerprint density at radius 2 is 1.91 bits per heavy atom. The van der Waals surface area contributed by atoms with Gasteiger partial charge >= 0.3 is 0 Å². The molecule has 1 fully saturated rings. The molecule has 0 unspecified atom stereocenters. The van der Waals surface area contributed by atoms with Crippen molar-refractivity contribution in [3.8, 4) is 0 Å². The van der Waals surface area contributed by atoms with Crippen molar-refractivity contribution in [2.45, 2.75) is 45.6 Å². The van der Waals surface area contributed by atoms with Gasteiger partial charge in [0.25, 0.3) is 0 Å². The predicted molar refractivity (Wildman–Crippen MR) is 94.6 cm³/mol. The van der Waals surface area contributed by atoms with E-state index in [-0.39, 0.29) is 12.5 Å². The topological polar surface area (TPSA) is 66.0 Å². The van der Waals surface area contributed by atoms with E-state index in [9.17, 15) is 4.79 Å². The fourth-order valence-electron chi connectivity index (χ4n) is 2.84. The first-order valence-electron chi connectivity index (χ1n) is 8.68. The van der Waals surface area contributed by atoms with E-state index in [0.717, 1.165) is 24.7 Å². The SMILES string of the molecule is COCCNC(=NCC(=O)N(C)C)NC1CCC(C(C)C)CC1. The smallest absolute Gasteiger partial charge is 0.243 e. The third kappa shape index (κ3) is 7.68. The number of hydrogen-bond donors (Lipinski definition) is 2. The number of likely N-dealkylation sites (N-methyl/N-ethyl adjacent to an activating group) is 1. The molecule has 0 atom stereocenters. The lowest BCUT2D eigenvalue weighted by Gasteiger charge is -2.32. The number of carbonyl (C=O) groups excluding carboxylic acids is 1. The van der Waals surface area contributed by atoms with Gasteiger partial charge in [-0.25, -0.2) is 4.99 Å². The number of nitrogens with zero attached hydrogens (tertiary/aromatic N) is 2. The minimum absolute atomic E-state index is 0.00126. The van der Waals surface area contributed by atoms with Gasteiger partial charge in [-0.15, -0.1) is 0 Å². The normalized spacial score (nSPS) is 22.1. The van der Waals surface area contributed by atoms with E-state index in [1.54, 1.807) is 26.1 Å². The van der Waals surface area contributed by atoms with E-state index in [1.807, 2.05) is 0 Å². The lowest BCUT2D eigenvalue weighted by molar-refractivity contribution is -0.127. The summed E-state index contributed by atoms with van der Waals surface area (Å²) in [6.45, 7) is 6.08. The number of guanidine groups is 1. The van der Waals surface area contributed by atoms with Gasteiger partial charge in [0.1, 0.15) is 6.54 Å². The molecule has 23 heavy (non-hydrogen) atoms. The molecule has 1 aliphatic carbocycles. The average molecular weight is 326 g/mol. The highest BCUT2D eigenvalue weighted by molar-refractivity contribution is 5.84. The highest BCUT2D eigenvalue weighted by atomic mass is 16.5. The largest absolute Gasteiger partial charge is 0.383 e. The number of amides is 1. The summed E-state index contributed by atoms with van der Waals surface area (Å²) in [4.78, 5) is 17.7. The second kappa shape index (κ2) is 10.5. The molecule has 134 valence electrons. The van der Waals surface area contributed by atoms with E-state index < -0.39 is 0 Å². The van der Waals surface area contributed by atoms with E-state index in [4.69, 9.17) is 4.74 Å². The number of carbonyl (C=O) groups is 1. The first-order chi connectivity index (χ1) is 10.9. The summed E-state index contributed by atoms with van der Waals surface area (Å²) in [5.41, 5.74) is 0. The summed E-state index contributed by atoms with van der Waals surface area (Å²) in [7, 11) is 5.17. The molecule has 0 aromatic heterocycles. The van der Waals surface area contributed by atoms with Crippen LogP contribution in [0.5, 0.6) is 0 Å². The van der Waals surface area contributed by atoms with Gasteiger partial charge in [-0.3, -0.25) is 4.79 Å². The Bertz CT molecular complexity index is 375. The van der Waals surface area contributed by atoms with Crippen LogP contribution in [0.3, 0.4) is 0 Å². The van der Waals surface area contributed by atoms with Crippen LogP contribution in [0.4, 0.5) is 0 Å². The second-order valence-electron chi connectivity index (χ2n) is 6.87. The van der Waals surface area contributed by atoms with Crippen LogP contribution < -0.4 is 10.6 Å². The standard InChI is InChI=1S/C17H34N4O2/c1-13(2)14-6-8-15(9-7-14)20-17(18-10-11-23-5)19-12-16(22)21(3)4/h13-15H,6-12H2,1-5H3,(H2,18,19,20). The molecule has 6 nitrogen and oxygen atoms in total. The summed E-state index contributed by atoms with van der Waals surface area (Å²) < 4.78 is 5.07. The zero-order valence-electron chi connectivity index (χ0n) is 15.4.